The number of likely N-dealkylation sites (tertiary alicyclic amines) is 1. The van der Waals surface area contributed by atoms with Gasteiger partial charge in [0.25, 0.3) is 0 Å². The van der Waals surface area contributed by atoms with Crippen molar-refractivity contribution in [1.29, 1.82) is 0 Å². The molecule has 0 aliphatic carbocycles. The van der Waals surface area contributed by atoms with Crippen molar-refractivity contribution < 1.29 is 14.4 Å². The van der Waals surface area contributed by atoms with E-state index in [1.54, 1.807) is 0 Å². The number of hydrogen-bond donors (Lipinski definition) is 1. The first-order valence-corrected chi connectivity index (χ1v) is 9.15. The molecule has 1 saturated heterocycles. The fourth-order valence-corrected chi connectivity index (χ4v) is 3.16. The Morgan fingerprint density at radius 1 is 1.04 bits per heavy atom. The van der Waals surface area contributed by atoms with E-state index in [4.69, 9.17) is 4.74 Å². The van der Waals surface area contributed by atoms with Crippen LogP contribution in [0.4, 0.5) is 0 Å². The number of ether oxygens (including phenoxy) is 1. The average Bonchev–Trinajstić information content (AvgIpc) is 2.45. The SMILES string of the molecule is C[NH+]1CCC[C@H](OC(=O)c2cc(C(C)(C)C)cc(C(C)(C)C)c2)C1. The third-order valence-electron chi connectivity index (χ3n) is 4.88. The molecule has 1 aliphatic heterocycles. The van der Waals surface area contributed by atoms with Gasteiger partial charge >= 0.3 is 5.97 Å². The van der Waals surface area contributed by atoms with E-state index in [1.807, 2.05) is 12.1 Å². The summed E-state index contributed by atoms with van der Waals surface area (Å²) in [5.41, 5.74) is 3.08. The van der Waals surface area contributed by atoms with Crippen LogP contribution >= 0.6 is 0 Å². The Bertz CT molecular complexity index is 561. The number of benzene rings is 1. The lowest BCUT2D eigenvalue weighted by molar-refractivity contribution is -0.888. The fourth-order valence-electron chi connectivity index (χ4n) is 3.16. The van der Waals surface area contributed by atoms with Crippen LogP contribution in [-0.4, -0.2) is 32.2 Å². The molecule has 134 valence electrons. The molecular formula is C21H34NO2+. The Morgan fingerprint density at radius 3 is 2.04 bits per heavy atom. The highest BCUT2D eigenvalue weighted by Gasteiger charge is 2.26. The number of hydrogen-bond acceptors (Lipinski definition) is 2. The lowest BCUT2D eigenvalue weighted by atomic mass is 9.79. The number of piperidine rings is 1. The van der Waals surface area contributed by atoms with Crippen molar-refractivity contribution in [2.75, 3.05) is 20.1 Å². The molecule has 0 saturated carbocycles. The first kappa shape index (κ1) is 19.0. The standard InChI is InChI=1S/C21H33NO2/c1-20(2,3)16-11-15(12-17(13-16)21(4,5)6)19(23)24-18-9-8-10-22(7)14-18/h11-13,18H,8-10,14H2,1-7H3/p+1/t18-/m0/s1. The van der Waals surface area contributed by atoms with Crippen molar-refractivity contribution in [2.24, 2.45) is 0 Å². The van der Waals surface area contributed by atoms with Crippen LogP contribution in [0.5, 0.6) is 0 Å². The number of nitrogens with one attached hydrogen (secondary N) is 1. The van der Waals surface area contributed by atoms with E-state index in [9.17, 15) is 4.79 Å². The monoisotopic (exact) mass is 332 g/mol. The van der Waals surface area contributed by atoms with E-state index < -0.39 is 0 Å². The van der Waals surface area contributed by atoms with Gasteiger partial charge in [-0.25, -0.2) is 4.79 Å². The molecule has 1 aromatic rings. The van der Waals surface area contributed by atoms with E-state index >= 15 is 0 Å². The molecule has 1 aliphatic rings. The van der Waals surface area contributed by atoms with Gasteiger partial charge in [-0.05, 0) is 40.5 Å². The Labute approximate surface area is 147 Å². The van der Waals surface area contributed by atoms with Gasteiger partial charge < -0.3 is 9.64 Å². The number of carbonyl (C=O) groups is 1. The average molecular weight is 333 g/mol. The molecule has 3 nitrogen and oxygen atoms in total. The summed E-state index contributed by atoms with van der Waals surface area (Å²) >= 11 is 0. The van der Waals surface area contributed by atoms with E-state index in [2.05, 4.69) is 54.7 Å². The van der Waals surface area contributed by atoms with Crippen LogP contribution in [0.3, 0.4) is 0 Å². The van der Waals surface area contributed by atoms with E-state index in [-0.39, 0.29) is 22.9 Å². The summed E-state index contributed by atoms with van der Waals surface area (Å²) < 4.78 is 5.82. The van der Waals surface area contributed by atoms with E-state index in [0.717, 1.165) is 19.4 Å². The topological polar surface area (TPSA) is 30.7 Å². The normalized spacial score (nSPS) is 22.3. The van der Waals surface area contributed by atoms with Crippen LogP contribution in [0.15, 0.2) is 18.2 Å². The van der Waals surface area contributed by atoms with Crippen molar-refractivity contribution >= 4 is 5.97 Å². The second-order valence-corrected chi connectivity index (χ2v) is 9.38. The maximum absolute atomic E-state index is 12.7. The van der Waals surface area contributed by atoms with Crippen LogP contribution in [0, 0.1) is 0 Å². The molecule has 0 spiro atoms. The predicted octanol–water partition coefficient (Wildman–Crippen LogP) is 3.12. The highest BCUT2D eigenvalue weighted by molar-refractivity contribution is 5.90. The van der Waals surface area contributed by atoms with Crippen molar-refractivity contribution in [3.8, 4) is 0 Å². The molecule has 3 heteroatoms. The quantitative estimate of drug-likeness (QED) is 0.844. The van der Waals surface area contributed by atoms with Crippen LogP contribution in [0.1, 0.15) is 75.9 Å². The third kappa shape index (κ3) is 4.83. The first-order valence-electron chi connectivity index (χ1n) is 9.15. The number of rotatable bonds is 2. The molecule has 2 atom stereocenters. The molecule has 1 N–H and O–H groups in total. The van der Waals surface area contributed by atoms with Gasteiger partial charge in [-0.2, -0.15) is 0 Å². The summed E-state index contributed by atoms with van der Waals surface area (Å²) in [4.78, 5) is 14.2. The molecule has 0 aromatic heterocycles. The molecule has 1 fully saturated rings. The highest BCUT2D eigenvalue weighted by Crippen LogP contribution is 2.30. The van der Waals surface area contributed by atoms with Crippen LogP contribution in [0.2, 0.25) is 0 Å². The Kier molecular flexibility index (Phi) is 5.44. The summed E-state index contributed by atoms with van der Waals surface area (Å²) in [5, 5.41) is 0. The largest absolute Gasteiger partial charge is 0.453 e. The maximum Gasteiger partial charge on any atom is 0.338 e. The Balaban J connectivity index is 2.29. The van der Waals surface area contributed by atoms with Gasteiger partial charge in [-0.15, -0.1) is 0 Å². The number of quaternary nitrogens is 1. The van der Waals surface area contributed by atoms with E-state index in [1.165, 1.54) is 22.6 Å². The molecule has 1 aromatic carbocycles. The smallest absolute Gasteiger partial charge is 0.338 e. The second kappa shape index (κ2) is 6.87. The minimum absolute atomic E-state index is 0.00545. The van der Waals surface area contributed by atoms with Gasteiger partial charge in [0, 0.05) is 6.42 Å². The molecule has 1 heterocycles. The minimum Gasteiger partial charge on any atom is -0.453 e. The zero-order valence-electron chi connectivity index (χ0n) is 16.5. The summed E-state index contributed by atoms with van der Waals surface area (Å²) in [5.74, 6) is -0.175. The summed E-state index contributed by atoms with van der Waals surface area (Å²) in [6.45, 7) is 15.2. The third-order valence-corrected chi connectivity index (χ3v) is 4.88. The van der Waals surface area contributed by atoms with Gasteiger partial charge in [-0.1, -0.05) is 47.6 Å². The number of esters is 1. The number of likely N-dealkylation sites (N-methyl/N-ethyl adjacent to an activating group) is 1. The Morgan fingerprint density at radius 2 is 1.58 bits per heavy atom. The fraction of sp³-hybridized carbons (Fsp3) is 0.667. The van der Waals surface area contributed by atoms with E-state index in [0.29, 0.717) is 5.56 Å². The van der Waals surface area contributed by atoms with Gasteiger partial charge in [0.2, 0.25) is 0 Å². The lowest BCUT2D eigenvalue weighted by Crippen LogP contribution is -3.11. The highest BCUT2D eigenvalue weighted by atomic mass is 16.5. The molecule has 0 amide bonds. The minimum atomic E-state index is -0.175. The predicted molar refractivity (Wildman–Crippen MR) is 98.9 cm³/mol. The molecule has 0 radical (unpaired) electrons. The van der Waals surface area contributed by atoms with Gasteiger partial charge in [-0.3, -0.25) is 0 Å². The maximum atomic E-state index is 12.7. The summed E-state index contributed by atoms with van der Waals surface area (Å²) in [7, 11) is 2.16. The van der Waals surface area contributed by atoms with Gasteiger partial charge in [0.1, 0.15) is 6.54 Å². The second-order valence-electron chi connectivity index (χ2n) is 9.38. The van der Waals surface area contributed by atoms with Crippen LogP contribution < -0.4 is 4.90 Å². The van der Waals surface area contributed by atoms with Gasteiger partial charge in [0.05, 0.1) is 19.2 Å². The lowest BCUT2D eigenvalue weighted by Gasteiger charge is -2.28. The molecular weight excluding hydrogens is 298 g/mol. The zero-order valence-corrected chi connectivity index (χ0v) is 16.5. The Hall–Kier alpha value is -1.35. The van der Waals surface area contributed by atoms with Crippen molar-refractivity contribution in [2.45, 2.75) is 71.3 Å². The zero-order chi connectivity index (χ0) is 18.1. The summed E-state index contributed by atoms with van der Waals surface area (Å²) in [6, 6.07) is 6.25. The van der Waals surface area contributed by atoms with Crippen molar-refractivity contribution in [3.05, 3.63) is 34.9 Å². The molecule has 0 bridgehead atoms. The summed E-state index contributed by atoms with van der Waals surface area (Å²) in [6.07, 6.45) is 2.15. The first-order chi connectivity index (χ1) is 11.0. The van der Waals surface area contributed by atoms with Gasteiger partial charge in [0.15, 0.2) is 6.10 Å². The number of carbonyl (C=O) groups excluding carboxylic acids is 1. The van der Waals surface area contributed by atoms with Crippen molar-refractivity contribution in [3.63, 3.8) is 0 Å². The molecule has 2 rings (SSSR count). The van der Waals surface area contributed by atoms with Crippen LogP contribution in [0.25, 0.3) is 0 Å². The molecule has 1 unspecified atom stereocenters. The molecule has 24 heavy (non-hydrogen) atoms. The van der Waals surface area contributed by atoms with Crippen molar-refractivity contribution in [1.82, 2.24) is 0 Å². The van der Waals surface area contributed by atoms with Crippen LogP contribution in [-0.2, 0) is 15.6 Å².